The lowest BCUT2D eigenvalue weighted by Gasteiger charge is -2.17. The number of anilines is 2. The van der Waals surface area contributed by atoms with E-state index in [1.54, 1.807) is 0 Å². The number of carbonyl (C=O) groups excluding carboxylic acids is 2. The summed E-state index contributed by atoms with van der Waals surface area (Å²) in [4.78, 5) is 25.4. The summed E-state index contributed by atoms with van der Waals surface area (Å²) in [5.41, 5.74) is 3.84. The fourth-order valence-electron chi connectivity index (χ4n) is 2.87. The molecule has 2 aromatic rings. The van der Waals surface area contributed by atoms with Gasteiger partial charge in [0.2, 0.25) is 11.8 Å². The van der Waals surface area contributed by atoms with Crippen LogP contribution in [-0.2, 0) is 16.0 Å². The third-order valence-corrected chi connectivity index (χ3v) is 4.88. The van der Waals surface area contributed by atoms with Crippen LogP contribution < -0.4 is 10.6 Å². The zero-order valence-electron chi connectivity index (χ0n) is 15.0. The summed E-state index contributed by atoms with van der Waals surface area (Å²) in [6.45, 7) is 6.02. The van der Waals surface area contributed by atoms with E-state index in [1.807, 2.05) is 56.3 Å². The lowest BCUT2D eigenvalue weighted by molar-refractivity contribution is -0.131. The predicted octanol–water partition coefficient (Wildman–Crippen LogP) is 4.22. The second-order valence-electron chi connectivity index (χ2n) is 6.86. The highest BCUT2D eigenvalue weighted by molar-refractivity contribution is 6.17. The van der Waals surface area contributed by atoms with Gasteiger partial charge in [0, 0.05) is 11.4 Å². The van der Waals surface area contributed by atoms with Crippen molar-refractivity contribution in [2.24, 2.45) is 5.41 Å². The number of nitrogens with one attached hydrogen (secondary N) is 2. The monoisotopic (exact) mass is 336 g/mol. The van der Waals surface area contributed by atoms with Gasteiger partial charge in [-0.15, -0.1) is 0 Å². The standard InChI is InChI=1S/C21H24N2O2/c1-4-16-7-9-17(10-8-16)22-19(24)21(11-12-21)20(25)23-18-13-14(2)5-6-15(18)3/h5-10,13H,4,11-12H2,1-3H3,(H,22,24)(H,23,25). The molecule has 0 heterocycles. The van der Waals surface area contributed by atoms with Gasteiger partial charge in [-0.3, -0.25) is 9.59 Å². The summed E-state index contributed by atoms with van der Waals surface area (Å²) in [6.07, 6.45) is 2.13. The number of hydrogen-bond acceptors (Lipinski definition) is 2. The molecule has 2 aromatic carbocycles. The van der Waals surface area contributed by atoms with Crippen LogP contribution in [0.1, 0.15) is 36.5 Å². The van der Waals surface area contributed by atoms with E-state index >= 15 is 0 Å². The summed E-state index contributed by atoms with van der Waals surface area (Å²) in [7, 11) is 0. The zero-order chi connectivity index (χ0) is 18.0. The SMILES string of the molecule is CCc1ccc(NC(=O)C2(C(=O)Nc3cc(C)ccc3C)CC2)cc1. The minimum Gasteiger partial charge on any atom is -0.325 e. The third kappa shape index (κ3) is 3.58. The molecule has 25 heavy (non-hydrogen) atoms. The first-order valence-electron chi connectivity index (χ1n) is 8.74. The highest BCUT2D eigenvalue weighted by Crippen LogP contribution is 2.47. The Kier molecular flexibility index (Phi) is 4.62. The first-order valence-corrected chi connectivity index (χ1v) is 8.74. The van der Waals surface area contributed by atoms with E-state index in [4.69, 9.17) is 0 Å². The van der Waals surface area contributed by atoms with E-state index in [9.17, 15) is 9.59 Å². The number of rotatable bonds is 5. The largest absolute Gasteiger partial charge is 0.325 e. The molecule has 4 heteroatoms. The van der Waals surface area contributed by atoms with E-state index in [1.165, 1.54) is 5.56 Å². The molecule has 0 aliphatic heterocycles. The molecule has 0 radical (unpaired) electrons. The summed E-state index contributed by atoms with van der Waals surface area (Å²) in [5.74, 6) is -0.441. The number of benzene rings is 2. The highest BCUT2D eigenvalue weighted by atomic mass is 16.2. The molecule has 0 unspecified atom stereocenters. The van der Waals surface area contributed by atoms with Gasteiger partial charge in [0.15, 0.2) is 0 Å². The van der Waals surface area contributed by atoms with Crippen LogP contribution in [0.3, 0.4) is 0 Å². The molecule has 130 valence electrons. The minimum absolute atomic E-state index is 0.219. The Morgan fingerprint density at radius 3 is 2.20 bits per heavy atom. The van der Waals surface area contributed by atoms with Gasteiger partial charge in [0.05, 0.1) is 0 Å². The molecule has 4 nitrogen and oxygen atoms in total. The predicted molar refractivity (Wildman–Crippen MR) is 101 cm³/mol. The molecule has 0 atom stereocenters. The van der Waals surface area contributed by atoms with Gasteiger partial charge in [-0.2, -0.15) is 0 Å². The molecule has 1 aliphatic carbocycles. The Hall–Kier alpha value is -2.62. The maximum Gasteiger partial charge on any atom is 0.240 e. The number of hydrogen-bond donors (Lipinski definition) is 2. The smallest absolute Gasteiger partial charge is 0.240 e. The molecule has 0 saturated heterocycles. The van der Waals surface area contributed by atoms with Gasteiger partial charge in [-0.05, 0) is 68.0 Å². The van der Waals surface area contributed by atoms with Gasteiger partial charge in [0.1, 0.15) is 5.41 Å². The van der Waals surface area contributed by atoms with Crippen molar-refractivity contribution in [3.8, 4) is 0 Å². The summed E-state index contributed by atoms with van der Waals surface area (Å²) >= 11 is 0. The van der Waals surface area contributed by atoms with Gasteiger partial charge in [-0.1, -0.05) is 31.2 Å². The molecular formula is C21H24N2O2. The Morgan fingerprint density at radius 2 is 1.60 bits per heavy atom. The van der Waals surface area contributed by atoms with Crippen LogP contribution in [0.5, 0.6) is 0 Å². The van der Waals surface area contributed by atoms with Gasteiger partial charge >= 0.3 is 0 Å². The van der Waals surface area contributed by atoms with Crippen LogP contribution in [-0.4, -0.2) is 11.8 Å². The molecule has 2 N–H and O–H groups in total. The lowest BCUT2D eigenvalue weighted by atomic mass is 10.0. The highest BCUT2D eigenvalue weighted by Gasteiger charge is 2.56. The molecule has 0 aromatic heterocycles. The summed E-state index contributed by atoms with van der Waals surface area (Å²) in [6, 6.07) is 13.7. The second-order valence-corrected chi connectivity index (χ2v) is 6.86. The molecule has 1 aliphatic rings. The summed E-state index contributed by atoms with van der Waals surface area (Å²) < 4.78 is 0. The quantitative estimate of drug-likeness (QED) is 0.803. The van der Waals surface area contributed by atoms with Crippen molar-refractivity contribution in [1.82, 2.24) is 0 Å². The first kappa shape index (κ1) is 17.2. The Balaban J connectivity index is 1.71. The van der Waals surface area contributed by atoms with E-state index in [0.717, 1.165) is 28.9 Å². The van der Waals surface area contributed by atoms with Crippen LogP contribution >= 0.6 is 0 Å². The number of amides is 2. The number of aryl methyl sites for hydroxylation is 3. The van der Waals surface area contributed by atoms with E-state index < -0.39 is 5.41 Å². The Labute approximate surface area is 148 Å². The van der Waals surface area contributed by atoms with Crippen molar-refractivity contribution >= 4 is 23.2 Å². The molecule has 1 saturated carbocycles. The molecule has 0 bridgehead atoms. The lowest BCUT2D eigenvalue weighted by Crippen LogP contribution is -2.35. The average molecular weight is 336 g/mol. The van der Waals surface area contributed by atoms with Crippen molar-refractivity contribution in [1.29, 1.82) is 0 Å². The van der Waals surface area contributed by atoms with E-state index in [2.05, 4.69) is 17.6 Å². The fraction of sp³-hybridized carbons (Fsp3) is 0.333. The molecule has 0 spiro atoms. The summed E-state index contributed by atoms with van der Waals surface area (Å²) in [5, 5.41) is 5.83. The van der Waals surface area contributed by atoms with Crippen LogP contribution in [0, 0.1) is 19.3 Å². The van der Waals surface area contributed by atoms with E-state index in [0.29, 0.717) is 12.8 Å². The Morgan fingerprint density at radius 1 is 0.960 bits per heavy atom. The second kappa shape index (κ2) is 6.71. The maximum atomic E-state index is 12.7. The van der Waals surface area contributed by atoms with Crippen molar-refractivity contribution in [3.63, 3.8) is 0 Å². The van der Waals surface area contributed by atoms with E-state index in [-0.39, 0.29) is 11.8 Å². The van der Waals surface area contributed by atoms with Gasteiger partial charge in [-0.25, -0.2) is 0 Å². The minimum atomic E-state index is -0.945. The third-order valence-electron chi connectivity index (χ3n) is 4.88. The molecule has 2 amide bonds. The molecule has 3 rings (SSSR count). The molecule has 1 fully saturated rings. The first-order chi connectivity index (χ1) is 11.9. The van der Waals surface area contributed by atoms with Crippen molar-refractivity contribution in [2.75, 3.05) is 10.6 Å². The Bertz CT molecular complexity index is 805. The average Bonchev–Trinajstić information content (AvgIpc) is 3.41. The number of carbonyl (C=O) groups is 2. The van der Waals surface area contributed by atoms with Gasteiger partial charge in [0.25, 0.3) is 0 Å². The molecular weight excluding hydrogens is 312 g/mol. The van der Waals surface area contributed by atoms with Crippen LogP contribution in [0.4, 0.5) is 11.4 Å². The van der Waals surface area contributed by atoms with Crippen LogP contribution in [0.25, 0.3) is 0 Å². The van der Waals surface area contributed by atoms with Crippen molar-refractivity contribution in [3.05, 3.63) is 59.2 Å². The fourth-order valence-corrected chi connectivity index (χ4v) is 2.87. The topological polar surface area (TPSA) is 58.2 Å². The maximum absolute atomic E-state index is 12.7. The van der Waals surface area contributed by atoms with Crippen molar-refractivity contribution < 1.29 is 9.59 Å². The van der Waals surface area contributed by atoms with Crippen LogP contribution in [0.15, 0.2) is 42.5 Å². The van der Waals surface area contributed by atoms with Crippen LogP contribution in [0.2, 0.25) is 0 Å². The van der Waals surface area contributed by atoms with Crippen molar-refractivity contribution in [2.45, 2.75) is 40.0 Å². The normalized spacial score (nSPS) is 14.7. The zero-order valence-corrected chi connectivity index (χ0v) is 15.0. The van der Waals surface area contributed by atoms with Gasteiger partial charge < -0.3 is 10.6 Å².